The number of carbonyl (C=O) groups is 1. The Kier molecular flexibility index (Phi) is 4.74. The van der Waals surface area contributed by atoms with Crippen LogP contribution in [0.25, 0.3) is 6.08 Å². The van der Waals surface area contributed by atoms with E-state index in [2.05, 4.69) is 4.74 Å². The van der Waals surface area contributed by atoms with Crippen LogP contribution in [0.4, 0.5) is 8.78 Å². The number of carbonyl (C=O) groups excluding carboxylic acids is 1. The standard InChI is InChI=1S/C18H14F2O4/c19-18(20)24-14-7-4-12(5-8-14)15(21)9-6-13-2-1-3-16-17(13)23-11-10-22-16/h1-9,18H,10-11H2/b9-6+. The van der Waals surface area contributed by atoms with E-state index < -0.39 is 6.61 Å². The van der Waals surface area contributed by atoms with Gasteiger partial charge in [-0.25, -0.2) is 0 Å². The smallest absolute Gasteiger partial charge is 0.387 e. The van der Waals surface area contributed by atoms with Gasteiger partial charge in [-0.15, -0.1) is 0 Å². The monoisotopic (exact) mass is 332 g/mol. The number of halogens is 2. The predicted molar refractivity (Wildman–Crippen MR) is 83.9 cm³/mol. The zero-order valence-electron chi connectivity index (χ0n) is 12.6. The number of para-hydroxylation sites is 1. The first-order valence-electron chi connectivity index (χ1n) is 7.29. The maximum absolute atomic E-state index is 12.2. The van der Waals surface area contributed by atoms with E-state index in [0.717, 1.165) is 5.56 Å². The fourth-order valence-corrected chi connectivity index (χ4v) is 2.29. The Bertz CT molecular complexity index is 754. The van der Waals surface area contributed by atoms with Crippen LogP contribution in [-0.4, -0.2) is 25.6 Å². The van der Waals surface area contributed by atoms with Crippen molar-refractivity contribution in [3.8, 4) is 17.2 Å². The van der Waals surface area contributed by atoms with Crippen LogP contribution in [0.2, 0.25) is 0 Å². The van der Waals surface area contributed by atoms with E-state index in [1.165, 1.54) is 30.3 Å². The van der Waals surface area contributed by atoms with Crippen molar-refractivity contribution < 1.29 is 27.8 Å². The Morgan fingerprint density at radius 2 is 1.83 bits per heavy atom. The Morgan fingerprint density at radius 3 is 2.58 bits per heavy atom. The predicted octanol–water partition coefficient (Wildman–Crippen LogP) is 3.96. The van der Waals surface area contributed by atoms with Gasteiger partial charge in [0.2, 0.25) is 0 Å². The number of ether oxygens (including phenoxy) is 3. The van der Waals surface area contributed by atoms with Gasteiger partial charge in [0.05, 0.1) is 0 Å². The Labute approximate surface area is 137 Å². The van der Waals surface area contributed by atoms with Gasteiger partial charge in [-0.1, -0.05) is 12.1 Å². The van der Waals surface area contributed by atoms with Crippen molar-refractivity contribution in [2.75, 3.05) is 13.2 Å². The number of hydrogen-bond acceptors (Lipinski definition) is 4. The average molecular weight is 332 g/mol. The van der Waals surface area contributed by atoms with Crippen molar-refractivity contribution in [1.29, 1.82) is 0 Å². The van der Waals surface area contributed by atoms with Gasteiger partial charge in [0.15, 0.2) is 17.3 Å². The molecule has 24 heavy (non-hydrogen) atoms. The summed E-state index contributed by atoms with van der Waals surface area (Å²) in [6.07, 6.45) is 3.04. The molecule has 0 saturated carbocycles. The third-order valence-electron chi connectivity index (χ3n) is 3.37. The van der Waals surface area contributed by atoms with E-state index in [1.807, 2.05) is 12.1 Å². The molecule has 0 bridgehead atoms. The topological polar surface area (TPSA) is 44.8 Å². The highest BCUT2D eigenvalue weighted by molar-refractivity contribution is 6.07. The molecule has 2 aromatic carbocycles. The Balaban J connectivity index is 1.74. The van der Waals surface area contributed by atoms with Gasteiger partial charge in [0, 0.05) is 11.1 Å². The summed E-state index contributed by atoms with van der Waals surface area (Å²) in [6.45, 7) is -1.94. The fraction of sp³-hybridized carbons (Fsp3) is 0.167. The van der Waals surface area contributed by atoms with Crippen LogP contribution < -0.4 is 14.2 Å². The van der Waals surface area contributed by atoms with Crippen molar-refractivity contribution >= 4 is 11.9 Å². The van der Waals surface area contributed by atoms with Crippen LogP contribution in [0.3, 0.4) is 0 Å². The molecule has 0 aromatic heterocycles. The largest absolute Gasteiger partial charge is 0.486 e. The minimum Gasteiger partial charge on any atom is -0.486 e. The highest BCUT2D eigenvalue weighted by Gasteiger charge is 2.14. The first-order chi connectivity index (χ1) is 11.6. The van der Waals surface area contributed by atoms with Crippen LogP contribution in [0.15, 0.2) is 48.5 Å². The summed E-state index contributed by atoms with van der Waals surface area (Å²) in [5.41, 5.74) is 1.10. The van der Waals surface area contributed by atoms with Gasteiger partial charge in [-0.2, -0.15) is 8.78 Å². The zero-order chi connectivity index (χ0) is 16.9. The van der Waals surface area contributed by atoms with Gasteiger partial charge in [0.1, 0.15) is 19.0 Å². The zero-order valence-corrected chi connectivity index (χ0v) is 12.6. The molecule has 1 heterocycles. The average Bonchev–Trinajstić information content (AvgIpc) is 2.59. The second-order valence-corrected chi connectivity index (χ2v) is 4.97. The van der Waals surface area contributed by atoms with Crippen LogP contribution in [-0.2, 0) is 0 Å². The van der Waals surface area contributed by atoms with E-state index in [-0.39, 0.29) is 11.5 Å². The first kappa shape index (κ1) is 16.0. The number of allylic oxidation sites excluding steroid dienone is 1. The fourth-order valence-electron chi connectivity index (χ4n) is 2.29. The van der Waals surface area contributed by atoms with E-state index in [9.17, 15) is 13.6 Å². The number of alkyl halides is 2. The van der Waals surface area contributed by atoms with Crippen molar-refractivity contribution in [3.05, 3.63) is 59.7 Å². The number of fused-ring (bicyclic) bond motifs is 1. The van der Waals surface area contributed by atoms with Gasteiger partial charge in [0.25, 0.3) is 0 Å². The summed E-state index contributed by atoms with van der Waals surface area (Å²) in [7, 11) is 0. The molecular formula is C18H14F2O4. The van der Waals surface area contributed by atoms with Gasteiger partial charge >= 0.3 is 6.61 Å². The van der Waals surface area contributed by atoms with Crippen molar-refractivity contribution in [2.45, 2.75) is 6.61 Å². The van der Waals surface area contributed by atoms with Crippen molar-refractivity contribution in [1.82, 2.24) is 0 Å². The van der Waals surface area contributed by atoms with E-state index in [0.29, 0.717) is 30.3 Å². The highest BCUT2D eigenvalue weighted by Crippen LogP contribution is 2.34. The van der Waals surface area contributed by atoms with Crippen LogP contribution in [0.1, 0.15) is 15.9 Å². The lowest BCUT2D eigenvalue weighted by Gasteiger charge is -2.19. The molecule has 1 aliphatic heterocycles. The molecule has 0 fully saturated rings. The maximum atomic E-state index is 12.2. The molecule has 0 saturated heterocycles. The molecule has 0 N–H and O–H groups in total. The molecule has 0 spiro atoms. The van der Waals surface area contributed by atoms with Gasteiger partial charge in [-0.3, -0.25) is 4.79 Å². The quantitative estimate of drug-likeness (QED) is 0.614. The number of benzene rings is 2. The number of hydrogen-bond donors (Lipinski definition) is 0. The Hall–Kier alpha value is -2.89. The van der Waals surface area contributed by atoms with E-state index in [4.69, 9.17) is 9.47 Å². The minimum absolute atomic E-state index is 0.00760. The van der Waals surface area contributed by atoms with Gasteiger partial charge in [-0.05, 0) is 42.5 Å². The number of rotatable bonds is 5. The molecule has 0 radical (unpaired) electrons. The maximum Gasteiger partial charge on any atom is 0.387 e. The lowest BCUT2D eigenvalue weighted by Crippen LogP contribution is -2.15. The van der Waals surface area contributed by atoms with Crippen LogP contribution in [0, 0.1) is 0 Å². The molecule has 2 aromatic rings. The highest BCUT2D eigenvalue weighted by atomic mass is 19.3. The summed E-state index contributed by atoms with van der Waals surface area (Å²) in [4.78, 5) is 12.2. The lowest BCUT2D eigenvalue weighted by atomic mass is 10.1. The molecule has 3 rings (SSSR count). The van der Waals surface area contributed by atoms with E-state index in [1.54, 1.807) is 12.1 Å². The van der Waals surface area contributed by atoms with Crippen LogP contribution >= 0.6 is 0 Å². The summed E-state index contributed by atoms with van der Waals surface area (Å²) >= 11 is 0. The number of ketones is 1. The summed E-state index contributed by atoms with van der Waals surface area (Å²) < 4.78 is 39.5. The molecule has 0 aliphatic carbocycles. The second kappa shape index (κ2) is 7.12. The second-order valence-electron chi connectivity index (χ2n) is 4.97. The molecule has 0 amide bonds. The van der Waals surface area contributed by atoms with E-state index >= 15 is 0 Å². The molecule has 0 atom stereocenters. The van der Waals surface area contributed by atoms with Gasteiger partial charge < -0.3 is 14.2 Å². The normalized spacial score (nSPS) is 13.3. The van der Waals surface area contributed by atoms with Crippen molar-refractivity contribution in [3.63, 3.8) is 0 Å². The summed E-state index contributed by atoms with van der Waals surface area (Å²) in [5, 5.41) is 0. The molecular weight excluding hydrogens is 318 g/mol. The third-order valence-corrected chi connectivity index (χ3v) is 3.37. The minimum atomic E-state index is -2.89. The molecule has 124 valence electrons. The molecule has 4 nitrogen and oxygen atoms in total. The lowest BCUT2D eigenvalue weighted by molar-refractivity contribution is -0.0498. The molecule has 1 aliphatic rings. The molecule has 0 unspecified atom stereocenters. The Morgan fingerprint density at radius 1 is 1.08 bits per heavy atom. The van der Waals surface area contributed by atoms with Crippen LogP contribution in [0.5, 0.6) is 17.2 Å². The summed E-state index contributed by atoms with van der Waals surface area (Å²) in [6, 6.07) is 11.0. The third kappa shape index (κ3) is 3.71. The first-order valence-corrected chi connectivity index (χ1v) is 7.29. The van der Waals surface area contributed by atoms with Crippen molar-refractivity contribution in [2.24, 2.45) is 0 Å². The molecule has 6 heteroatoms. The summed E-state index contributed by atoms with van der Waals surface area (Å²) in [5.74, 6) is 0.999. The SMILES string of the molecule is O=C(/C=C/c1cccc2c1OCCO2)c1ccc(OC(F)F)cc1.